The van der Waals surface area contributed by atoms with Crippen molar-refractivity contribution in [2.45, 2.75) is 25.8 Å². The van der Waals surface area contributed by atoms with Gasteiger partial charge in [-0.25, -0.2) is 0 Å². The molecule has 92 valence electrons. The van der Waals surface area contributed by atoms with Crippen LogP contribution < -0.4 is 5.73 Å². The number of ether oxygens (including phenoxy) is 2. The summed E-state index contributed by atoms with van der Waals surface area (Å²) in [6.07, 6.45) is 2.22. The summed E-state index contributed by atoms with van der Waals surface area (Å²) in [4.78, 5) is 2.30. The minimum absolute atomic E-state index is 0.267. The summed E-state index contributed by atoms with van der Waals surface area (Å²) in [6, 6.07) is 0.267. The first-order valence-corrected chi connectivity index (χ1v) is 5.70. The topological polar surface area (TPSA) is 47.7 Å². The van der Waals surface area contributed by atoms with Gasteiger partial charge in [0.2, 0.25) is 0 Å². The smallest absolute Gasteiger partial charge is 0.0589 e. The molecule has 1 atom stereocenters. The number of nitrogens with zero attached hydrogens (tertiary/aromatic N) is 1. The van der Waals surface area contributed by atoms with Crippen molar-refractivity contribution in [1.82, 2.24) is 4.90 Å². The molecule has 0 rings (SSSR count). The van der Waals surface area contributed by atoms with Gasteiger partial charge in [-0.3, -0.25) is 4.90 Å². The lowest BCUT2D eigenvalue weighted by molar-refractivity contribution is 0.110. The molecular formula is C11H26N2O2. The molecule has 2 N–H and O–H groups in total. The molecule has 0 fully saturated rings. The SMILES string of the molecule is CCCC(N)CN(CCOC)CCOC. The molecule has 0 saturated carbocycles. The second-order valence-corrected chi connectivity index (χ2v) is 3.83. The Morgan fingerprint density at radius 2 is 1.67 bits per heavy atom. The van der Waals surface area contributed by atoms with Crippen molar-refractivity contribution in [2.75, 3.05) is 47.1 Å². The maximum atomic E-state index is 6.01. The Hall–Kier alpha value is -0.160. The van der Waals surface area contributed by atoms with Crippen molar-refractivity contribution in [2.24, 2.45) is 5.73 Å². The lowest BCUT2D eigenvalue weighted by atomic mass is 10.1. The Morgan fingerprint density at radius 1 is 1.13 bits per heavy atom. The average Bonchev–Trinajstić information content (AvgIpc) is 2.22. The first-order valence-electron chi connectivity index (χ1n) is 5.70. The van der Waals surface area contributed by atoms with Gasteiger partial charge in [0.05, 0.1) is 13.2 Å². The van der Waals surface area contributed by atoms with Crippen molar-refractivity contribution >= 4 is 0 Å². The van der Waals surface area contributed by atoms with Gasteiger partial charge in [0, 0.05) is 39.9 Å². The maximum absolute atomic E-state index is 6.01. The first kappa shape index (κ1) is 14.8. The molecule has 0 aromatic rings. The molecule has 0 bridgehead atoms. The third-order valence-corrected chi connectivity index (χ3v) is 2.38. The molecule has 0 aromatic carbocycles. The molecule has 0 aliphatic carbocycles. The van der Waals surface area contributed by atoms with E-state index in [4.69, 9.17) is 15.2 Å². The van der Waals surface area contributed by atoms with Crippen LogP contribution in [-0.4, -0.2) is 58.0 Å². The molecular weight excluding hydrogens is 192 g/mol. The van der Waals surface area contributed by atoms with Crippen molar-refractivity contribution in [3.05, 3.63) is 0 Å². The van der Waals surface area contributed by atoms with Crippen molar-refractivity contribution in [3.8, 4) is 0 Å². The largest absolute Gasteiger partial charge is 0.383 e. The Kier molecular flexibility index (Phi) is 10.3. The molecule has 1 unspecified atom stereocenters. The molecule has 0 heterocycles. The molecule has 0 aliphatic rings. The third kappa shape index (κ3) is 8.81. The maximum Gasteiger partial charge on any atom is 0.0589 e. The second-order valence-electron chi connectivity index (χ2n) is 3.83. The molecule has 0 aromatic heterocycles. The number of rotatable bonds is 10. The lowest BCUT2D eigenvalue weighted by Gasteiger charge is -2.24. The highest BCUT2D eigenvalue weighted by Gasteiger charge is 2.09. The Labute approximate surface area is 93.7 Å². The van der Waals surface area contributed by atoms with Crippen LogP contribution in [0.2, 0.25) is 0 Å². The fraction of sp³-hybridized carbons (Fsp3) is 1.00. The van der Waals surface area contributed by atoms with Crippen LogP contribution in [0.3, 0.4) is 0 Å². The van der Waals surface area contributed by atoms with Gasteiger partial charge in [-0.05, 0) is 6.42 Å². The zero-order valence-corrected chi connectivity index (χ0v) is 10.4. The molecule has 15 heavy (non-hydrogen) atoms. The normalized spacial score (nSPS) is 13.4. The van der Waals surface area contributed by atoms with Crippen LogP contribution in [0.15, 0.2) is 0 Å². The second kappa shape index (κ2) is 10.4. The highest BCUT2D eigenvalue weighted by Crippen LogP contribution is 1.98. The van der Waals surface area contributed by atoms with Gasteiger partial charge < -0.3 is 15.2 Å². The van der Waals surface area contributed by atoms with Gasteiger partial charge in [-0.15, -0.1) is 0 Å². The van der Waals surface area contributed by atoms with E-state index in [1.165, 1.54) is 0 Å². The molecule has 0 saturated heterocycles. The quantitative estimate of drug-likeness (QED) is 0.586. The van der Waals surface area contributed by atoms with E-state index in [2.05, 4.69) is 11.8 Å². The lowest BCUT2D eigenvalue weighted by Crippen LogP contribution is -2.40. The predicted molar refractivity (Wildman–Crippen MR) is 63.1 cm³/mol. The van der Waals surface area contributed by atoms with Gasteiger partial charge in [-0.2, -0.15) is 0 Å². The number of hydrogen-bond donors (Lipinski definition) is 1. The van der Waals surface area contributed by atoms with E-state index >= 15 is 0 Å². The summed E-state index contributed by atoms with van der Waals surface area (Å²) < 4.78 is 10.1. The minimum atomic E-state index is 0.267. The van der Waals surface area contributed by atoms with Crippen LogP contribution in [0.4, 0.5) is 0 Å². The van der Waals surface area contributed by atoms with Crippen LogP contribution in [0.5, 0.6) is 0 Å². The van der Waals surface area contributed by atoms with Crippen molar-refractivity contribution < 1.29 is 9.47 Å². The summed E-state index contributed by atoms with van der Waals surface area (Å²) >= 11 is 0. The summed E-state index contributed by atoms with van der Waals surface area (Å²) in [5, 5.41) is 0. The Morgan fingerprint density at radius 3 is 2.07 bits per heavy atom. The Balaban J connectivity index is 3.76. The van der Waals surface area contributed by atoms with E-state index in [9.17, 15) is 0 Å². The summed E-state index contributed by atoms with van der Waals surface area (Å²) in [7, 11) is 3.45. The minimum Gasteiger partial charge on any atom is -0.383 e. The summed E-state index contributed by atoms with van der Waals surface area (Å²) in [5.41, 5.74) is 6.01. The van der Waals surface area contributed by atoms with E-state index in [0.29, 0.717) is 0 Å². The molecule has 0 spiro atoms. The average molecular weight is 218 g/mol. The zero-order chi connectivity index (χ0) is 11.5. The molecule has 4 heteroatoms. The fourth-order valence-corrected chi connectivity index (χ4v) is 1.53. The highest BCUT2D eigenvalue weighted by atomic mass is 16.5. The number of nitrogens with two attached hydrogens (primary N) is 1. The molecule has 0 aliphatic heterocycles. The van der Waals surface area contributed by atoms with E-state index in [1.54, 1.807) is 14.2 Å². The van der Waals surface area contributed by atoms with Gasteiger partial charge in [0.25, 0.3) is 0 Å². The van der Waals surface area contributed by atoms with Gasteiger partial charge in [0.1, 0.15) is 0 Å². The fourth-order valence-electron chi connectivity index (χ4n) is 1.53. The third-order valence-electron chi connectivity index (χ3n) is 2.38. The predicted octanol–water partition coefficient (Wildman–Crippen LogP) is 0.709. The van der Waals surface area contributed by atoms with Gasteiger partial charge in [-0.1, -0.05) is 13.3 Å². The number of methoxy groups -OCH3 is 2. The molecule has 0 radical (unpaired) electrons. The summed E-state index contributed by atoms with van der Waals surface area (Å²) in [5.74, 6) is 0. The zero-order valence-electron chi connectivity index (χ0n) is 10.4. The van der Waals surface area contributed by atoms with Gasteiger partial charge >= 0.3 is 0 Å². The van der Waals surface area contributed by atoms with E-state index in [1.807, 2.05) is 0 Å². The van der Waals surface area contributed by atoms with Crippen LogP contribution >= 0.6 is 0 Å². The van der Waals surface area contributed by atoms with Crippen molar-refractivity contribution in [3.63, 3.8) is 0 Å². The number of hydrogen-bond acceptors (Lipinski definition) is 4. The van der Waals surface area contributed by atoms with E-state index in [-0.39, 0.29) is 6.04 Å². The first-order chi connectivity index (χ1) is 7.24. The molecule has 4 nitrogen and oxygen atoms in total. The van der Waals surface area contributed by atoms with E-state index in [0.717, 1.165) is 45.7 Å². The monoisotopic (exact) mass is 218 g/mol. The summed E-state index contributed by atoms with van der Waals surface area (Å²) in [6.45, 7) is 6.45. The Bertz CT molecular complexity index is 126. The van der Waals surface area contributed by atoms with Crippen LogP contribution in [0.25, 0.3) is 0 Å². The van der Waals surface area contributed by atoms with Crippen molar-refractivity contribution in [1.29, 1.82) is 0 Å². The standard InChI is InChI=1S/C11H26N2O2/c1-4-5-11(12)10-13(6-8-14-2)7-9-15-3/h11H,4-10,12H2,1-3H3. The van der Waals surface area contributed by atoms with E-state index < -0.39 is 0 Å². The highest BCUT2D eigenvalue weighted by molar-refractivity contribution is 4.67. The molecule has 0 amide bonds. The van der Waals surface area contributed by atoms with Crippen LogP contribution in [0, 0.1) is 0 Å². The van der Waals surface area contributed by atoms with Crippen LogP contribution in [-0.2, 0) is 9.47 Å². The van der Waals surface area contributed by atoms with Gasteiger partial charge in [0.15, 0.2) is 0 Å². The van der Waals surface area contributed by atoms with Crippen LogP contribution in [0.1, 0.15) is 19.8 Å².